The molecule has 0 atom stereocenters. The van der Waals surface area contributed by atoms with Gasteiger partial charge < -0.3 is 10.1 Å². The van der Waals surface area contributed by atoms with E-state index in [1.54, 1.807) is 7.11 Å². The number of rotatable bonds is 2. The summed E-state index contributed by atoms with van der Waals surface area (Å²) in [5, 5.41) is 3.29. The van der Waals surface area contributed by atoms with Crippen LogP contribution in [0.15, 0.2) is 17.1 Å². The fraction of sp³-hybridized carbons (Fsp3) is 0.500. The van der Waals surface area contributed by atoms with Crippen molar-refractivity contribution in [2.45, 2.75) is 24.7 Å². The number of likely N-dealkylation sites (N-methyl/N-ethyl adjacent to an activating group) is 1. The van der Waals surface area contributed by atoms with E-state index >= 15 is 0 Å². The van der Waals surface area contributed by atoms with E-state index in [-0.39, 0.29) is 5.41 Å². The average Bonchev–Trinajstić information content (AvgIpc) is 2.79. The van der Waals surface area contributed by atoms with Crippen LogP contribution >= 0.6 is 0 Å². The van der Waals surface area contributed by atoms with E-state index in [2.05, 4.69) is 29.3 Å². The number of hydrogen-bond donors (Lipinski definition) is 1. The Morgan fingerprint density at radius 3 is 2.68 bits per heavy atom. The van der Waals surface area contributed by atoms with Crippen molar-refractivity contribution >= 4 is 11.5 Å². The van der Waals surface area contributed by atoms with Crippen LogP contribution in [0.2, 0.25) is 0 Å². The Bertz CT molecular complexity index is 676. The maximum atomic E-state index is 5.57. The summed E-state index contributed by atoms with van der Waals surface area (Å²) < 4.78 is 5.57. The van der Waals surface area contributed by atoms with E-state index < -0.39 is 0 Å². The minimum atomic E-state index is 0.0902. The van der Waals surface area contributed by atoms with Gasteiger partial charge in [0.2, 0.25) is 0 Å². The summed E-state index contributed by atoms with van der Waals surface area (Å²) in [6, 6.07) is 4.21. The van der Waals surface area contributed by atoms with Gasteiger partial charge in [0, 0.05) is 7.05 Å². The summed E-state index contributed by atoms with van der Waals surface area (Å²) in [5.41, 5.74) is 3.34. The van der Waals surface area contributed by atoms with Crippen molar-refractivity contribution in [2.24, 2.45) is 4.99 Å². The van der Waals surface area contributed by atoms with E-state index in [4.69, 9.17) is 9.73 Å². The van der Waals surface area contributed by atoms with E-state index in [0.717, 1.165) is 42.2 Å². The van der Waals surface area contributed by atoms with Gasteiger partial charge in [0.15, 0.2) is 0 Å². The topological polar surface area (TPSA) is 36.9 Å². The molecule has 1 N–H and O–H groups in total. The van der Waals surface area contributed by atoms with Crippen molar-refractivity contribution in [1.29, 1.82) is 0 Å². The lowest BCUT2D eigenvalue weighted by molar-refractivity contribution is 0.338. The highest BCUT2D eigenvalue weighted by molar-refractivity contribution is 6.01. The fourth-order valence-corrected chi connectivity index (χ4v) is 3.29. The van der Waals surface area contributed by atoms with E-state index in [0.29, 0.717) is 0 Å². The molecule has 1 aromatic carbocycles. The second-order valence-electron chi connectivity index (χ2n) is 6.26. The zero-order valence-electron chi connectivity index (χ0n) is 13.8. The van der Waals surface area contributed by atoms with E-state index in [9.17, 15) is 0 Å². The third kappa shape index (κ3) is 2.26. The molecule has 0 saturated heterocycles. The average molecular weight is 297 g/mol. The van der Waals surface area contributed by atoms with Gasteiger partial charge in [0.05, 0.1) is 30.3 Å². The van der Waals surface area contributed by atoms with Crippen LogP contribution in [0.4, 0.5) is 5.69 Å². The van der Waals surface area contributed by atoms with Gasteiger partial charge in [-0.2, -0.15) is 0 Å². The van der Waals surface area contributed by atoms with Crippen molar-refractivity contribution < 1.29 is 4.74 Å². The predicted octanol–water partition coefficient (Wildman–Crippen LogP) is 2.29. The number of benzene rings is 1. The van der Waals surface area contributed by atoms with E-state index in [1.807, 2.05) is 26.0 Å². The molecule has 3 rings (SSSR count). The largest absolute Gasteiger partial charge is 0.495 e. The number of methoxy groups -OCH3 is 1. The van der Waals surface area contributed by atoms with E-state index in [1.165, 1.54) is 12.0 Å². The molecular formula is C18H23N3O. The summed E-state index contributed by atoms with van der Waals surface area (Å²) in [4.78, 5) is 6.85. The van der Waals surface area contributed by atoms with Crippen LogP contribution in [0, 0.1) is 11.8 Å². The fourth-order valence-electron chi connectivity index (χ4n) is 3.29. The molecule has 4 nitrogen and oxygen atoms in total. The third-order valence-corrected chi connectivity index (χ3v) is 4.58. The molecule has 1 aromatic rings. The Morgan fingerprint density at radius 2 is 2.14 bits per heavy atom. The quantitative estimate of drug-likeness (QED) is 0.851. The number of amidine groups is 1. The summed E-state index contributed by atoms with van der Waals surface area (Å²) in [5.74, 6) is 8.33. The van der Waals surface area contributed by atoms with Gasteiger partial charge in [-0.25, -0.2) is 4.99 Å². The van der Waals surface area contributed by atoms with Gasteiger partial charge in [-0.15, -0.1) is 0 Å². The molecule has 1 spiro atoms. The number of nitrogens with zero attached hydrogens (tertiary/aromatic N) is 2. The Labute approximate surface area is 132 Å². The minimum Gasteiger partial charge on any atom is -0.495 e. The minimum absolute atomic E-state index is 0.0902. The lowest BCUT2D eigenvalue weighted by Crippen LogP contribution is -2.45. The van der Waals surface area contributed by atoms with Gasteiger partial charge in [0.1, 0.15) is 11.6 Å². The molecule has 1 aliphatic heterocycles. The van der Waals surface area contributed by atoms with Crippen molar-refractivity contribution in [3.05, 3.63) is 23.3 Å². The van der Waals surface area contributed by atoms with Crippen molar-refractivity contribution in [3.8, 4) is 17.6 Å². The molecule has 0 aromatic heterocycles. The first kappa shape index (κ1) is 14.9. The van der Waals surface area contributed by atoms with Crippen LogP contribution in [-0.2, 0) is 5.41 Å². The SMILES string of the molecule is CNC1=Nc2cc(C#CCN(C)C)c(OC)cc2C12CCC2. The lowest BCUT2D eigenvalue weighted by atomic mass is 9.64. The first-order chi connectivity index (χ1) is 10.6. The highest BCUT2D eigenvalue weighted by Gasteiger charge is 2.48. The molecule has 1 saturated carbocycles. The predicted molar refractivity (Wildman–Crippen MR) is 90.1 cm³/mol. The Morgan fingerprint density at radius 1 is 1.36 bits per heavy atom. The first-order valence-electron chi connectivity index (χ1n) is 7.74. The molecule has 0 unspecified atom stereocenters. The molecule has 22 heavy (non-hydrogen) atoms. The number of ether oxygens (including phenoxy) is 1. The first-order valence-corrected chi connectivity index (χ1v) is 7.74. The Balaban J connectivity index is 2.02. The van der Waals surface area contributed by atoms with Crippen LogP contribution in [0.5, 0.6) is 5.75 Å². The van der Waals surface area contributed by atoms with Crippen LogP contribution in [0.1, 0.15) is 30.4 Å². The van der Waals surface area contributed by atoms with Crippen LogP contribution in [-0.4, -0.2) is 45.5 Å². The maximum absolute atomic E-state index is 5.57. The number of fused-ring (bicyclic) bond motifs is 2. The molecule has 1 fully saturated rings. The zero-order chi connectivity index (χ0) is 15.7. The molecule has 2 aliphatic rings. The highest BCUT2D eigenvalue weighted by atomic mass is 16.5. The molecule has 0 radical (unpaired) electrons. The molecule has 1 heterocycles. The van der Waals surface area contributed by atoms with Crippen molar-refractivity contribution in [2.75, 3.05) is 34.8 Å². The molecule has 4 heteroatoms. The summed E-state index contributed by atoms with van der Waals surface area (Å²) in [7, 11) is 7.69. The maximum Gasteiger partial charge on any atom is 0.134 e. The smallest absolute Gasteiger partial charge is 0.134 e. The van der Waals surface area contributed by atoms with Gasteiger partial charge in [-0.3, -0.25) is 4.90 Å². The number of nitrogens with one attached hydrogen (secondary N) is 1. The normalized spacial score (nSPS) is 17.4. The van der Waals surface area contributed by atoms with Crippen LogP contribution < -0.4 is 10.1 Å². The van der Waals surface area contributed by atoms with Gasteiger partial charge in [-0.05, 0) is 44.6 Å². The standard InChI is InChI=1S/C18H23N3O/c1-19-17-18(8-6-9-18)14-12-16(22-4)13(11-15(14)20-17)7-5-10-21(2)3/h11-12H,6,8-10H2,1-4H3,(H,19,20). The van der Waals surface area contributed by atoms with Gasteiger partial charge in [0.25, 0.3) is 0 Å². The molecule has 0 amide bonds. The van der Waals surface area contributed by atoms with Crippen molar-refractivity contribution in [3.63, 3.8) is 0 Å². The third-order valence-electron chi connectivity index (χ3n) is 4.58. The molecule has 0 bridgehead atoms. The van der Waals surface area contributed by atoms with Crippen LogP contribution in [0.25, 0.3) is 0 Å². The number of aliphatic imine (C=N–C) groups is 1. The van der Waals surface area contributed by atoms with Crippen molar-refractivity contribution in [1.82, 2.24) is 10.2 Å². The second-order valence-corrected chi connectivity index (χ2v) is 6.26. The molecular weight excluding hydrogens is 274 g/mol. The summed E-state index contributed by atoms with van der Waals surface area (Å²) >= 11 is 0. The lowest BCUT2D eigenvalue weighted by Gasteiger charge is -2.40. The zero-order valence-corrected chi connectivity index (χ0v) is 13.8. The number of hydrogen-bond acceptors (Lipinski definition) is 4. The molecule has 116 valence electrons. The molecule has 1 aliphatic carbocycles. The van der Waals surface area contributed by atoms with Gasteiger partial charge >= 0.3 is 0 Å². The van der Waals surface area contributed by atoms with Crippen LogP contribution in [0.3, 0.4) is 0 Å². The van der Waals surface area contributed by atoms with Gasteiger partial charge in [-0.1, -0.05) is 18.3 Å². The second kappa shape index (κ2) is 5.66. The summed E-state index contributed by atoms with van der Waals surface area (Å²) in [6.45, 7) is 0.731. The monoisotopic (exact) mass is 297 g/mol. The Hall–Kier alpha value is -1.99. The highest BCUT2D eigenvalue weighted by Crippen LogP contribution is 2.53. The Kier molecular flexibility index (Phi) is 3.84. The summed E-state index contributed by atoms with van der Waals surface area (Å²) in [6.07, 6.45) is 3.58.